The number of hydrogen-bond donors (Lipinski definition) is 2. The number of aromatic nitrogens is 1. The quantitative estimate of drug-likeness (QED) is 0.803. The molecule has 0 aliphatic carbocycles. The topological polar surface area (TPSA) is 82.3 Å². The van der Waals surface area contributed by atoms with Gasteiger partial charge in [-0.25, -0.2) is 0 Å². The molecular formula is C17H25N3O3. The van der Waals surface area contributed by atoms with E-state index < -0.39 is 11.5 Å². The van der Waals surface area contributed by atoms with Crippen LogP contribution in [0.2, 0.25) is 0 Å². The first kappa shape index (κ1) is 17.4. The van der Waals surface area contributed by atoms with E-state index in [0.29, 0.717) is 29.8 Å². The van der Waals surface area contributed by atoms with Crippen LogP contribution in [-0.2, 0) is 0 Å². The average Bonchev–Trinajstić information content (AvgIpc) is 2.93. The highest BCUT2D eigenvalue weighted by Gasteiger charge is 2.25. The maximum absolute atomic E-state index is 12.3. The number of rotatable bonds is 5. The lowest BCUT2D eigenvalue weighted by Gasteiger charge is -2.20. The number of carbonyl (C=O) groups is 2. The molecule has 1 aliphatic rings. The van der Waals surface area contributed by atoms with Gasteiger partial charge in [0.1, 0.15) is 5.56 Å². The lowest BCUT2D eigenvalue weighted by Crippen LogP contribution is -2.35. The highest BCUT2D eigenvalue weighted by atomic mass is 16.2. The smallest absolute Gasteiger partial charge is 0.261 e. The van der Waals surface area contributed by atoms with E-state index in [1.54, 1.807) is 6.92 Å². The van der Waals surface area contributed by atoms with Crippen molar-refractivity contribution in [2.75, 3.05) is 19.6 Å². The minimum atomic E-state index is -0.458. The van der Waals surface area contributed by atoms with Gasteiger partial charge in [0.15, 0.2) is 5.78 Å². The molecule has 1 aromatic heterocycles. The number of likely N-dealkylation sites (tertiary alicyclic amines) is 1. The van der Waals surface area contributed by atoms with Crippen LogP contribution >= 0.6 is 0 Å². The Balaban J connectivity index is 2.03. The zero-order chi connectivity index (χ0) is 17.1. The molecule has 1 saturated heterocycles. The third-order valence-electron chi connectivity index (χ3n) is 4.46. The zero-order valence-electron chi connectivity index (χ0n) is 14.2. The summed E-state index contributed by atoms with van der Waals surface area (Å²) in [5, 5.41) is 2.83. The Labute approximate surface area is 136 Å². The number of pyridine rings is 1. The van der Waals surface area contributed by atoms with E-state index in [4.69, 9.17) is 0 Å². The predicted molar refractivity (Wildman–Crippen MR) is 89.0 cm³/mol. The summed E-state index contributed by atoms with van der Waals surface area (Å²) < 4.78 is 0. The number of H-pyrrole nitrogens is 1. The van der Waals surface area contributed by atoms with Gasteiger partial charge < -0.3 is 15.2 Å². The Kier molecular flexibility index (Phi) is 5.36. The molecule has 6 heteroatoms. The van der Waals surface area contributed by atoms with E-state index in [9.17, 15) is 14.4 Å². The molecule has 1 amide bonds. The third-order valence-corrected chi connectivity index (χ3v) is 4.46. The van der Waals surface area contributed by atoms with Gasteiger partial charge in [-0.05, 0) is 52.6 Å². The van der Waals surface area contributed by atoms with E-state index in [1.807, 2.05) is 0 Å². The van der Waals surface area contributed by atoms with Crippen molar-refractivity contribution in [1.82, 2.24) is 15.2 Å². The first-order valence-electron chi connectivity index (χ1n) is 8.06. The standard InChI is InChI=1S/C17H25N3O3/c1-10(2)20-6-5-13(9-20)8-18-16(22)15-7-14(12(4)21)11(3)19-17(15)23/h7,10,13H,5-6,8-9H2,1-4H3,(H,18,22)(H,19,23)/t13-/m0/s1. The number of aromatic amines is 1. The van der Waals surface area contributed by atoms with Crippen molar-refractivity contribution in [3.05, 3.63) is 33.2 Å². The van der Waals surface area contributed by atoms with Gasteiger partial charge in [-0.2, -0.15) is 0 Å². The lowest BCUT2D eigenvalue weighted by atomic mass is 10.1. The molecule has 0 radical (unpaired) electrons. The van der Waals surface area contributed by atoms with E-state index in [-0.39, 0.29) is 11.3 Å². The summed E-state index contributed by atoms with van der Waals surface area (Å²) >= 11 is 0. The Hall–Kier alpha value is -1.95. The van der Waals surface area contributed by atoms with Crippen LogP contribution in [0.4, 0.5) is 0 Å². The van der Waals surface area contributed by atoms with E-state index >= 15 is 0 Å². The number of aryl methyl sites for hydroxylation is 1. The molecule has 0 aromatic carbocycles. The monoisotopic (exact) mass is 319 g/mol. The third kappa shape index (κ3) is 4.07. The van der Waals surface area contributed by atoms with Crippen LogP contribution in [0, 0.1) is 12.8 Å². The minimum Gasteiger partial charge on any atom is -0.352 e. The summed E-state index contributed by atoms with van der Waals surface area (Å²) in [5.41, 5.74) is 0.406. The van der Waals surface area contributed by atoms with Crippen LogP contribution in [0.25, 0.3) is 0 Å². The van der Waals surface area contributed by atoms with Crippen molar-refractivity contribution >= 4 is 11.7 Å². The molecule has 1 atom stereocenters. The normalized spacial score (nSPS) is 18.4. The number of nitrogens with zero attached hydrogens (tertiary/aromatic N) is 1. The number of amides is 1. The number of hydrogen-bond acceptors (Lipinski definition) is 4. The highest BCUT2D eigenvalue weighted by Crippen LogP contribution is 2.17. The van der Waals surface area contributed by atoms with Crippen molar-refractivity contribution < 1.29 is 9.59 Å². The average molecular weight is 319 g/mol. The Morgan fingerprint density at radius 1 is 1.39 bits per heavy atom. The van der Waals surface area contributed by atoms with Crippen LogP contribution in [0.15, 0.2) is 10.9 Å². The number of Topliss-reactive ketones (excluding diaryl/α,β-unsaturated/α-hetero) is 1. The number of nitrogens with one attached hydrogen (secondary N) is 2. The second-order valence-corrected chi connectivity index (χ2v) is 6.56. The molecule has 2 N–H and O–H groups in total. The lowest BCUT2D eigenvalue weighted by molar-refractivity contribution is 0.0945. The summed E-state index contributed by atoms with van der Waals surface area (Å²) in [4.78, 5) is 40.7. The van der Waals surface area contributed by atoms with Gasteiger partial charge in [0.25, 0.3) is 11.5 Å². The van der Waals surface area contributed by atoms with Crippen LogP contribution in [-0.4, -0.2) is 47.3 Å². The molecule has 23 heavy (non-hydrogen) atoms. The first-order valence-corrected chi connectivity index (χ1v) is 8.06. The largest absolute Gasteiger partial charge is 0.352 e. The van der Waals surface area contributed by atoms with Crippen LogP contribution in [0.3, 0.4) is 0 Å². The Morgan fingerprint density at radius 3 is 2.65 bits per heavy atom. The van der Waals surface area contributed by atoms with Gasteiger partial charge in [-0.1, -0.05) is 0 Å². The Morgan fingerprint density at radius 2 is 2.09 bits per heavy atom. The summed E-state index contributed by atoms with van der Waals surface area (Å²) in [7, 11) is 0. The van der Waals surface area contributed by atoms with Crippen LogP contribution in [0.5, 0.6) is 0 Å². The van der Waals surface area contributed by atoms with Gasteiger partial charge in [0, 0.05) is 30.4 Å². The van der Waals surface area contributed by atoms with Gasteiger partial charge in [-0.15, -0.1) is 0 Å². The zero-order valence-corrected chi connectivity index (χ0v) is 14.2. The molecule has 2 heterocycles. The van der Waals surface area contributed by atoms with E-state index in [0.717, 1.165) is 19.5 Å². The van der Waals surface area contributed by atoms with Crippen molar-refractivity contribution in [3.63, 3.8) is 0 Å². The number of ketones is 1. The molecule has 1 aromatic rings. The molecule has 1 aliphatic heterocycles. The molecule has 126 valence electrons. The molecule has 0 saturated carbocycles. The summed E-state index contributed by atoms with van der Waals surface area (Å²) in [5.74, 6) is -0.189. The van der Waals surface area contributed by atoms with Crippen LogP contribution in [0.1, 0.15) is 53.6 Å². The van der Waals surface area contributed by atoms with Gasteiger partial charge >= 0.3 is 0 Å². The summed E-state index contributed by atoms with van der Waals surface area (Å²) in [6, 6.07) is 1.90. The van der Waals surface area contributed by atoms with Gasteiger partial charge in [0.2, 0.25) is 0 Å². The maximum Gasteiger partial charge on any atom is 0.261 e. The maximum atomic E-state index is 12.3. The molecule has 6 nitrogen and oxygen atoms in total. The predicted octanol–water partition coefficient (Wildman–Crippen LogP) is 1.35. The molecule has 0 unspecified atom stereocenters. The number of carbonyl (C=O) groups excluding carboxylic acids is 2. The molecule has 1 fully saturated rings. The molecule has 0 bridgehead atoms. The SMILES string of the molecule is CC(=O)c1cc(C(=O)NC[C@@H]2CCN(C(C)C)C2)c(=O)[nH]c1C. The van der Waals surface area contributed by atoms with Crippen molar-refractivity contribution in [2.24, 2.45) is 5.92 Å². The van der Waals surface area contributed by atoms with Crippen molar-refractivity contribution in [3.8, 4) is 0 Å². The van der Waals surface area contributed by atoms with E-state index in [1.165, 1.54) is 13.0 Å². The van der Waals surface area contributed by atoms with Gasteiger partial charge in [-0.3, -0.25) is 14.4 Å². The summed E-state index contributed by atoms with van der Waals surface area (Å²) in [6.45, 7) is 9.94. The fraction of sp³-hybridized carbons (Fsp3) is 0.588. The second-order valence-electron chi connectivity index (χ2n) is 6.56. The summed E-state index contributed by atoms with van der Waals surface area (Å²) in [6.07, 6.45) is 1.04. The van der Waals surface area contributed by atoms with Gasteiger partial charge in [0.05, 0.1) is 0 Å². The van der Waals surface area contributed by atoms with Crippen molar-refractivity contribution in [2.45, 2.75) is 40.2 Å². The fourth-order valence-electron chi connectivity index (χ4n) is 2.99. The molecule has 0 spiro atoms. The van der Waals surface area contributed by atoms with Crippen molar-refractivity contribution in [1.29, 1.82) is 0 Å². The molecular weight excluding hydrogens is 294 g/mol. The Bertz CT molecular complexity index is 664. The highest BCUT2D eigenvalue weighted by molar-refractivity contribution is 5.99. The fourth-order valence-corrected chi connectivity index (χ4v) is 2.99. The minimum absolute atomic E-state index is 0.000451. The first-order chi connectivity index (χ1) is 10.8. The van der Waals surface area contributed by atoms with E-state index in [2.05, 4.69) is 29.0 Å². The van der Waals surface area contributed by atoms with Crippen LogP contribution < -0.4 is 10.9 Å². The second kappa shape index (κ2) is 7.08. The molecule has 2 rings (SSSR count).